The van der Waals surface area contributed by atoms with Crippen molar-refractivity contribution in [1.82, 2.24) is 15.0 Å². The molecule has 124 valence electrons. The predicted octanol–water partition coefficient (Wildman–Crippen LogP) is 2.97. The van der Waals surface area contributed by atoms with Crippen LogP contribution >= 0.6 is 0 Å². The van der Waals surface area contributed by atoms with Crippen LogP contribution in [0.25, 0.3) is 0 Å². The molecule has 1 fully saturated rings. The zero-order chi connectivity index (χ0) is 16.4. The molecule has 0 saturated carbocycles. The van der Waals surface area contributed by atoms with Gasteiger partial charge in [-0.1, -0.05) is 17.3 Å². The Morgan fingerprint density at radius 2 is 2.17 bits per heavy atom. The highest BCUT2D eigenvalue weighted by molar-refractivity contribution is 5.27. The first-order chi connectivity index (χ1) is 10.9. The summed E-state index contributed by atoms with van der Waals surface area (Å²) in [4.78, 5) is 6.18. The maximum Gasteiger partial charge on any atom is 0.416 e. The van der Waals surface area contributed by atoms with Crippen LogP contribution in [-0.4, -0.2) is 34.7 Å². The first kappa shape index (κ1) is 15.9. The monoisotopic (exact) mass is 327 g/mol. The zero-order valence-electron chi connectivity index (χ0n) is 12.5. The fourth-order valence-electron chi connectivity index (χ4n) is 2.57. The smallest absolute Gasteiger partial charge is 0.371 e. The molecule has 1 aromatic carbocycles. The Kier molecular flexibility index (Phi) is 4.36. The van der Waals surface area contributed by atoms with Crippen LogP contribution in [-0.2, 0) is 17.5 Å². The van der Waals surface area contributed by atoms with E-state index in [2.05, 4.69) is 10.1 Å². The van der Waals surface area contributed by atoms with Crippen LogP contribution in [0.1, 0.15) is 28.9 Å². The number of morpholine rings is 1. The first-order valence-electron chi connectivity index (χ1n) is 7.22. The fourth-order valence-corrected chi connectivity index (χ4v) is 2.57. The van der Waals surface area contributed by atoms with E-state index in [0.29, 0.717) is 43.5 Å². The molecular weight excluding hydrogens is 311 g/mol. The largest absolute Gasteiger partial charge is 0.416 e. The molecule has 5 nitrogen and oxygen atoms in total. The van der Waals surface area contributed by atoms with Gasteiger partial charge in [0.2, 0.25) is 5.89 Å². The van der Waals surface area contributed by atoms with Crippen LogP contribution in [0, 0.1) is 6.92 Å². The Morgan fingerprint density at radius 1 is 1.35 bits per heavy atom. The molecule has 1 saturated heterocycles. The van der Waals surface area contributed by atoms with Crippen molar-refractivity contribution in [2.45, 2.75) is 25.7 Å². The van der Waals surface area contributed by atoms with Gasteiger partial charge in [0.15, 0.2) is 5.82 Å². The molecule has 8 heteroatoms. The number of hydrogen-bond donors (Lipinski definition) is 0. The minimum absolute atomic E-state index is 0.404. The van der Waals surface area contributed by atoms with Gasteiger partial charge in [-0.2, -0.15) is 18.2 Å². The lowest BCUT2D eigenvalue weighted by Crippen LogP contribution is -2.38. The van der Waals surface area contributed by atoms with Crippen molar-refractivity contribution in [3.05, 3.63) is 47.1 Å². The highest BCUT2D eigenvalue weighted by atomic mass is 19.4. The second kappa shape index (κ2) is 6.29. The van der Waals surface area contributed by atoms with Gasteiger partial charge in [-0.25, -0.2) is 0 Å². The summed E-state index contributed by atoms with van der Waals surface area (Å²) in [5, 5.41) is 3.84. The van der Waals surface area contributed by atoms with Crippen LogP contribution in [0.2, 0.25) is 0 Å². The lowest BCUT2D eigenvalue weighted by molar-refractivity contribution is -0.137. The Bertz CT molecular complexity index is 672. The molecule has 0 unspecified atom stereocenters. The van der Waals surface area contributed by atoms with Crippen LogP contribution in [0.5, 0.6) is 0 Å². The summed E-state index contributed by atoms with van der Waals surface area (Å²) in [5.74, 6) is 1.05. The molecule has 0 spiro atoms. The number of benzene rings is 1. The van der Waals surface area contributed by atoms with Gasteiger partial charge in [-0.15, -0.1) is 0 Å². The number of rotatable bonds is 3. The van der Waals surface area contributed by atoms with Crippen LogP contribution in [0.15, 0.2) is 28.8 Å². The predicted molar refractivity (Wildman–Crippen MR) is 74.4 cm³/mol. The van der Waals surface area contributed by atoms with E-state index < -0.39 is 17.8 Å². The summed E-state index contributed by atoms with van der Waals surface area (Å²) >= 11 is 0. The molecule has 2 aromatic rings. The van der Waals surface area contributed by atoms with Gasteiger partial charge in [0.1, 0.15) is 0 Å². The second-order valence-electron chi connectivity index (χ2n) is 5.45. The molecule has 0 aliphatic carbocycles. The number of aryl methyl sites for hydroxylation is 1. The third-order valence-corrected chi connectivity index (χ3v) is 3.67. The Labute approximate surface area is 131 Å². The van der Waals surface area contributed by atoms with Crippen LogP contribution < -0.4 is 0 Å². The number of nitrogens with zero attached hydrogens (tertiary/aromatic N) is 3. The van der Waals surface area contributed by atoms with E-state index in [1.54, 1.807) is 13.0 Å². The SMILES string of the molecule is Cc1nc(CN2CCO[C@@H](c3cccc(C(F)(F)F)c3)C2)no1. The molecule has 3 rings (SSSR count). The van der Waals surface area contributed by atoms with E-state index in [0.717, 1.165) is 12.1 Å². The Balaban J connectivity index is 1.71. The van der Waals surface area contributed by atoms with E-state index in [-0.39, 0.29) is 0 Å². The van der Waals surface area contributed by atoms with Crippen molar-refractivity contribution in [2.24, 2.45) is 0 Å². The molecule has 1 aliphatic heterocycles. The first-order valence-corrected chi connectivity index (χ1v) is 7.22. The van der Waals surface area contributed by atoms with E-state index in [4.69, 9.17) is 9.26 Å². The number of alkyl halides is 3. The van der Waals surface area contributed by atoms with E-state index in [9.17, 15) is 13.2 Å². The molecule has 1 aliphatic rings. The number of halogens is 3. The van der Waals surface area contributed by atoms with Gasteiger partial charge in [0.25, 0.3) is 0 Å². The zero-order valence-corrected chi connectivity index (χ0v) is 12.5. The maximum atomic E-state index is 12.8. The van der Waals surface area contributed by atoms with E-state index in [1.165, 1.54) is 6.07 Å². The Hall–Kier alpha value is -1.93. The normalized spacial score (nSPS) is 19.9. The fraction of sp³-hybridized carbons (Fsp3) is 0.467. The van der Waals surface area contributed by atoms with Gasteiger partial charge < -0.3 is 9.26 Å². The van der Waals surface area contributed by atoms with Crippen molar-refractivity contribution >= 4 is 0 Å². The molecule has 23 heavy (non-hydrogen) atoms. The molecule has 0 N–H and O–H groups in total. The minimum atomic E-state index is -4.35. The molecule has 0 bridgehead atoms. The molecule has 1 aromatic heterocycles. The molecule has 0 amide bonds. The summed E-state index contributed by atoms with van der Waals surface area (Å²) in [6.45, 7) is 3.78. The van der Waals surface area contributed by atoms with Crippen LogP contribution in [0.3, 0.4) is 0 Å². The highest BCUT2D eigenvalue weighted by Crippen LogP contribution is 2.32. The van der Waals surface area contributed by atoms with Gasteiger partial charge in [-0.3, -0.25) is 4.90 Å². The highest BCUT2D eigenvalue weighted by Gasteiger charge is 2.32. The third-order valence-electron chi connectivity index (χ3n) is 3.67. The molecule has 0 radical (unpaired) electrons. The maximum absolute atomic E-state index is 12.8. The summed E-state index contributed by atoms with van der Waals surface area (Å²) in [6.07, 6.45) is -4.76. The summed E-state index contributed by atoms with van der Waals surface area (Å²) in [6, 6.07) is 5.27. The van der Waals surface area contributed by atoms with Gasteiger partial charge in [-0.05, 0) is 17.7 Å². The summed E-state index contributed by atoms with van der Waals surface area (Å²) in [5.41, 5.74) is -0.140. The lowest BCUT2D eigenvalue weighted by Gasteiger charge is -2.32. The topological polar surface area (TPSA) is 51.4 Å². The average molecular weight is 327 g/mol. The van der Waals surface area contributed by atoms with Crippen molar-refractivity contribution in [2.75, 3.05) is 19.7 Å². The second-order valence-corrected chi connectivity index (χ2v) is 5.45. The number of aromatic nitrogens is 2. The Morgan fingerprint density at radius 3 is 2.87 bits per heavy atom. The third kappa shape index (κ3) is 3.89. The summed E-state index contributed by atoms with van der Waals surface area (Å²) in [7, 11) is 0. The van der Waals surface area contributed by atoms with Gasteiger partial charge in [0, 0.05) is 20.0 Å². The molecule has 1 atom stereocenters. The number of hydrogen-bond acceptors (Lipinski definition) is 5. The lowest BCUT2D eigenvalue weighted by atomic mass is 10.0. The average Bonchev–Trinajstić information content (AvgIpc) is 2.92. The summed E-state index contributed by atoms with van der Waals surface area (Å²) < 4.78 is 49.0. The van der Waals surface area contributed by atoms with Crippen molar-refractivity contribution in [3.63, 3.8) is 0 Å². The van der Waals surface area contributed by atoms with Crippen LogP contribution in [0.4, 0.5) is 13.2 Å². The molecule has 2 heterocycles. The van der Waals surface area contributed by atoms with E-state index >= 15 is 0 Å². The quantitative estimate of drug-likeness (QED) is 0.867. The van der Waals surface area contributed by atoms with Gasteiger partial charge in [0.05, 0.1) is 24.8 Å². The standard InChI is InChI=1S/C15H16F3N3O2/c1-10-19-14(20-23-10)9-21-5-6-22-13(8-21)11-3-2-4-12(7-11)15(16,17)18/h2-4,7,13H,5-6,8-9H2,1H3/t13-/m1/s1. The molecular formula is C15H16F3N3O2. The van der Waals surface area contributed by atoms with Crippen molar-refractivity contribution in [3.8, 4) is 0 Å². The van der Waals surface area contributed by atoms with Crippen molar-refractivity contribution < 1.29 is 22.4 Å². The van der Waals surface area contributed by atoms with E-state index in [1.807, 2.05) is 4.90 Å². The van der Waals surface area contributed by atoms with Gasteiger partial charge >= 0.3 is 6.18 Å². The minimum Gasteiger partial charge on any atom is -0.371 e. The number of ether oxygens (including phenoxy) is 1. The van der Waals surface area contributed by atoms with Crippen molar-refractivity contribution in [1.29, 1.82) is 0 Å².